The number of hydrogen-bond donors (Lipinski definition) is 0. The lowest BCUT2D eigenvalue weighted by Crippen LogP contribution is -2.46. The molecule has 0 aromatic heterocycles. The van der Waals surface area contributed by atoms with Crippen molar-refractivity contribution in [3.8, 4) is 0 Å². The summed E-state index contributed by atoms with van der Waals surface area (Å²) in [7, 11) is 0. The Labute approximate surface area is 102 Å². The molecule has 5 heteroatoms. The smallest absolute Gasteiger partial charge is 0.410 e. The minimum atomic E-state index is -0.489. The summed E-state index contributed by atoms with van der Waals surface area (Å²) in [6.07, 6.45) is 2.46. The second kappa shape index (κ2) is 5.69. The van der Waals surface area contributed by atoms with E-state index in [4.69, 9.17) is 16.0 Å². The molecule has 0 bridgehead atoms. The largest absolute Gasteiger partial charge is 0.444 e. The average molecular weight is 238 g/mol. The van der Waals surface area contributed by atoms with Crippen molar-refractivity contribution in [3.05, 3.63) is 23.7 Å². The molecule has 1 saturated heterocycles. The second-order valence-electron chi connectivity index (χ2n) is 4.81. The van der Waals surface area contributed by atoms with Crippen LogP contribution in [0.5, 0.6) is 0 Å². The first-order chi connectivity index (χ1) is 7.92. The Morgan fingerprint density at radius 3 is 2.88 bits per heavy atom. The van der Waals surface area contributed by atoms with Crippen LogP contribution in [-0.4, -0.2) is 42.4 Å². The lowest BCUT2D eigenvalue weighted by atomic mass is 10.2. The number of rotatable bonds is 1. The minimum Gasteiger partial charge on any atom is -0.444 e. The molecule has 17 heavy (non-hydrogen) atoms. The first-order valence-electron chi connectivity index (χ1n) is 5.55. The van der Waals surface area contributed by atoms with Crippen LogP contribution in [0.15, 0.2) is 12.3 Å². The number of carbonyl (C=O) groups is 1. The third-order valence-corrected chi connectivity index (χ3v) is 2.12. The first kappa shape index (κ1) is 13.5. The summed E-state index contributed by atoms with van der Waals surface area (Å²) in [4.78, 5) is 16.5. The van der Waals surface area contributed by atoms with Gasteiger partial charge in [-0.2, -0.15) is 0 Å². The van der Waals surface area contributed by atoms with Gasteiger partial charge in [0.25, 0.3) is 0 Å². The number of carbonyl (C=O) groups excluding carboxylic acids is 1. The van der Waals surface area contributed by atoms with Crippen molar-refractivity contribution in [1.29, 1.82) is 0 Å². The highest BCUT2D eigenvalue weighted by molar-refractivity contribution is 5.68. The summed E-state index contributed by atoms with van der Waals surface area (Å²) in [6, 6.07) is 0. The van der Waals surface area contributed by atoms with Crippen molar-refractivity contribution >= 4 is 6.09 Å². The predicted octanol–water partition coefficient (Wildman–Crippen LogP) is 2.06. The van der Waals surface area contributed by atoms with E-state index in [2.05, 4.69) is 4.85 Å². The van der Waals surface area contributed by atoms with Gasteiger partial charge < -0.3 is 14.4 Å². The summed E-state index contributed by atoms with van der Waals surface area (Å²) in [6.45, 7) is 13.6. The fourth-order valence-electron chi connectivity index (χ4n) is 1.42. The predicted molar refractivity (Wildman–Crippen MR) is 63.3 cm³/mol. The molecule has 1 rings (SSSR count). The molecule has 0 N–H and O–H groups in total. The van der Waals surface area contributed by atoms with Crippen LogP contribution >= 0.6 is 0 Å². The van der Waals surface area contributed by atoms with Gasteiger partial charge in [0.1, 0.15) is 5.60 Å². The van der Waals surface area contributed by atoms with Crippen LogP contribution < -0.4 is 0 Å². The van der Waals surface area contributed by atoms with Crippen molar-refractivity contribution in [2.75, 3.05) is 19.7 Å². The minimum absolute atomic E-state index is 0.217. The third kappa shape index (κ3) is 4.87. The Morgan fingerprint density at radius 1 is 1.59 bits per heavy atom. The Balaban J connectivity index is 2.52. The highest BCUT2D eigenvalue weighted by atomic mass is 16.6. The highest BCUT2D eigenvalue weighted by Crippen LogP contribution is 2.13. The van der Waals surface area contributed by atoms with E-state index in [0.717, 1.165) is 0 Å². The van der Waals surface area contributed by atoms with Gasteiger partial charge in [-0.05, 0) is 20.8 Å². The molecule has 0 radical (unpaired) electrons. The molecular formula is C12H18N2O3. The normalized spacial score (nSPS) is 21.3. The van der Waals surface area contributed by atoms with Gasteiger partial charge in [-0.1, -0.05) is 6.08 Å². The topological polar surface area (TPSA) is 43.1 Å². The Hall–Kier alpha value is -1.54. The Kier molecular flexibility index (Phi) is 4.53. The lowest BCUT2D eigenvalue weighted by Gasteiger charge is -2.33. The third-order valence-electron chi connectivity index (χ3n) is 2.12. The lowest BCUT2D eigenvalue weighted by molar-refractivity contribution is -0.0263. The van der Waals surface area contributed by atoms with E-state index < -0.39 is 5.60 Å². The summed E-state index contributed by atoms with van der Waals surface area (Å²) < 4.78 is 10.7. The Bertz CT molecular complexity index is 339. The van der Waals surface area contributed by atoms with E-state index in [1.165, 1.54) is 6.20 Å². The van der Waals surface area contributed by atoms with Gasteiger partial charge in [0, 0.05) is 6.54 Å². The van der Waals surface area contributed by atoms with Crippen LogP contribution in [0.1, 0.15) is 20.8 Å². The highest BCUT2D eigenvalue weighted by Gasteiger charge is 2.26. The molecule has 94 valence electrons. The quantitative estimate of drug-likeness (QED) is 0.657. The van der Waals surface area contributed by atoms with Crippen LogP contribution in [0.2, 0.25) is 0 Å². The molecule has 0 spiro atoms. The molecule has 0 saturated carbocycles. The zero-order valence-electron chi connectivity index (χ0n) is 10.5. The summed E-state index contributed by atoms with van der Waals surface area (Å²) in [5.74, 6) is 0. The maximum Gasteiger partial charge on any atom is 0.410 e. The average Bonchev–Trinajstić information content (AvgIpc) is 2.24. The van der Waals surface area contributed by atoms with E-state index in [9.17, 15) is 4.79 Å². The van der Waals surface area contributed by atoms with E-state index >= 15 is 0 Å². The Morgan fingerprint density at radius 2 is 2.29 bits per heavy atom. The van der Waals surface area contributed by atoms with Crippen LogP contribution in [-0.2, 0) is 9.47 Å². The van der Waals surface area contributed by atoms with Gasteiger partial charge in [-0.25, -0.2) is 9.64 Å². The van der Waals surface area contributed by atoms with Crippen molar-refractivity contribution in [1.82, 2.24) is 4.90 Å². The first-order valence-corrected chi connectivity index (χ1v) is 5.55. The number of ether oxygens (including phenoxy) is 2. The monoisotopic (exact) mass is 238 g/mol. The van der Waals surface area contributed by atoms with Crippen molar-refractivity contribution in [3.63, 3.8) is 0 Å². The molecule has 1 aliphatic heterocycles. The summed E-state index contributed by atoms with van der Waals surface area (Å²) in [5, 5.41) is 0. The molecule has 1 amide bonds. The number of hydrogen-bond acceptors (Lipinski definition) is 3. The van der Waals surface area contributed by atoms with Crippen LogP contribution in [0.4, 0.5) is 4.79 Å². The van der Waals surface area contributed by atoms with E-state index in [0.29, 0.717) is 19.7 Å². The van der Waals surface area contributed by atoms with Gasteiger partial charge >= 0.3 is 6.09 Å². The standard InChI is InChI=1S/C12H18N2O3/c1-12(2,3)17-11(15)14-7-8-16-10(9-14)5-6-13-4/h5-6,10H,7-9H2,1-3H3/b6-5+/t10-/m0/s1. The molecule has 1 heterocycles. The van der Waals surface area contributed by atoms with E-state index in [1.807, 2.05) is 20.8 Å². The molecule has 1 aliphatic rings. The van der Waals surface area contributed by atoms with Gasteiger partial charge in [0.15, 0.2) is 6.20 Å². The van der Waals surface area contributed by atoms with Gasteiger partial charge in [-0.15, -0.1) is 0 Å². The maximum absolute atomic E-state index is 11.8. The van der Waals surface area contributed by atoms with Gasteiger partial charge in [0.2, 0.25) is 0 Å². The molecular weight excluding hydrogens is 220 g/mol. The van der Waals surface area contributed by atoms with Crippen molar-refractivity contribution in [2.45, 2.75) is 32.5 Å². The van der Waals surface area contributed by atoms with Crippen molar-refractivity contribution < 1.29 is 14.3 Å². The number of morpholine rings is 1. The van der Waals surface area contributed by atoms with E-state index in [1.54, 1.807) is 11.0 Å². The molecule has 5 nitrogen and oxygen atoms in total. The summed E-state index contributed by atoms with van der Waals surface area (Å²) in [5.41, 5.74) is -0.489. The zero-order chi connectivity index (χ0) is 12.9. The van der Waals surface area contributed by atoms with E-state index in [-0.39, 0.29) is 12.2 Å². The number of amides is 1. The maximum atomic E-state index is 11.8. The molecule has 0 aromatic carbocycles. The fourth-order valence-corrected chi connectivity index (χ4v) is 1.42. The number of nitrogens with zero attached hydrogens (tertiary/aromatic N) is 2. The second-order valence-corrected chi connectivity index (χ2v) is 4.81. The molecule has 0 aromatic rings. The fraction of sp³-hybridized carbons (Fsp3) is 0.667. The molecule has 0 unspecified atom stereocenters. The van der Waals surface area contributed by atoms with Gasteiger partial charge in [0.05, 0.1) is 25.8 Å². The van der Waals surface area contributed by atoms with Gasteiger partial charge in [-0.3, -0.25) is 0 Å². The van der Waals surface area contributed by atoms with Crippen LogP contribution in [0.25, 0.3) is 4.85 Å². The molecule has 1 fully saturated rings. The summed E-state index contributed by atoms with van der Waals surface area (Å²) >= 11 is 0. The van der Waals surface area contributed by atoms with Crippen LogP contribution in [0, 0.1) is 6.57 Å². The van der Waals surface area contributed by atoms with Crippen molar-refractivity contribution in [2.24, 2.45) is 0 Å². The zero-order valence-corrected chi connectivity index (χ0v) is 10.5. The van der Waals surface area contributed by atoms with Crippen LogP contribution in [0.3, 0.4) is 0 Å². The SMILES string of the molecule is [C-]#[N+]/C=C/[C@H]1CN(C(=O)OC(C)(C)C)CCO1. The molecule has 1 atom stereocenters. The molecule has 0 aliphatic carbocycles.